The normalized spacial score (nSPS) is 24.4. The van der Waals surface area contributed by atoms with Crippen LogP contribution in [-0.2, 0) is 28.8 Å². The van der Waals surface area contributed by atoms with Gasteiger partial charge >= 0.3 is 18.0 Å². The fourth-order valence-corrected chi connectivity index (χ4v) is 8.11. The van der Waals surface area contributed by atoms with Crippen LogP contribution in [0.3, 0.4) is 0 Å². The maximum absolute atomic E-state index is 13.6. The third-order valence-corrected chi connectivity index (χ3v) is 11.2. The van der Waals surface area contributed by atoms with Crippen molar-refractivity contribution in [2.75, 3.05) is 38.6 Å². The first-order valence-corrected chi connectivity index (χ1v) is 16.7. The third kappa shape index (κ3) is 5.82. The predicted molar refractivity (Wildman–Crippen MR) is 171 cm³/mol. The van der Waals surface area contributed by atoms with Crippen molar-refractivity contribution in [2.45, 2.75) is 34.7 Å². The number of hydrazine groups is 1. The number of ether oxygens (including phenoxy) is 1. The Labute approximate surface area is 293 Å². The average molecular weight is 755 g/mol. The minimum absolute atomic E-state index is 0.0591. The summed E-state index contributed by atoms with van der Waals surface area (Å²) in [4.78, 5) is 87.5. The van der Waals surface area contributed by atoms with Crippen molar-refractivity contribution in [3.63, 3.8) is 0 Å². The lowest BCUT2D eigenvalue weighted by atomic mass is 9.95. The lowest BCUT2D eigenvalue weighted by Gasteiger charge is -2.41. The van der Waals surface area contributed by atoms with E-state index in [-0.39, 0.29) is 55.5 Å². The number of thiazole rings is 1. The van der Waals surface area contributed by atoms with Crippen molar-refractivity contribution in [1.29, 1.82) is 0 Å². The second-order valence-electron chi connectivity index (χ2n) is 11.4. The number of nitrogens with one attached hydrogen (secondary N) is 2. The molecule has 0 spiro atoms. The van der Waals surface area contributed by atoms with Gasteiger partial charge in [-0.25, -0.2) is 24.4 Å². The molecule has 8 N–H and O–H groups in total. The van der Waals surface area contributed by atoms with Crippen LogP contribution in [0.4, 0.5) is 9.93 Å². The topological polar surface area (TPSA) is 287 Å². The van der Waals surface area contributed by atoms with Crippen LogP contribution in [0.15, 0.2) is 22.7 Å². The minimum atomic E-state index is -2.02. The van der Waals surface area contributed by atoms with Gasteiger partial charge in [0.1, 0.15) is 17.1 Å². The number of carboxylic acid groups (broad SMARTS) is 2. The summed E-state index contributed by atoms with van der Waals surface area (Å²) in [6.45, 7) is -0.658. The van der Waals surface area contributed by atoms with Crippen LogP contribution in [0.25, 0.3) is 0 Å². The highest BCUT2D eigenvalue weighted by atomic mass is 35.5. The quantitative estimate of drug-likeness (QED) is 0.0691. The Morgan fingerprint density at radius 3 is 2.48 bits per heavy atom. The second kappa shape index (κ2) is 13.0. The summed E-state index contributed by atoms with van der Waals surface area (Å²) in [5.41, 5.74) is 5.44. The molecule has 23 heteroatoms. The van der Waals surface area contributed by atoms with Gasteiger partial charge in [0.05, 0.1) is 36.9 Å². The number of carboxylic acids is 2. The second-order valence-corrected chi connectivity index (χ2v) is 14.0. The standard InChI is InChI=1S/C27H27ClN8O12S2/c28-14-11(1-2-13(37)17(14)38)18(39)32-36-6-5-35(25(36)46)27(23(44)45)10-34-20(41)16(21(34)50-27)31-19(40)15(12-9-49-24(29)30-12)33-48-26(22(42)43)3-7-47-8-4-26/h1-2,9,16,21,37-38H,3-8,10H2,(H2,29,30)(H,31,40)(H,32,39)(H,42,43)(H,44,45)/b33-15-/t16?,21-,27?/m1/s1. The van der Waals surface area contributed by atoms with Gasteiger partial charge in [-0.05, 0) is 12.1 Å². The number of hydrogen-bond acceptors (Lipinski definition) is 15. The maximum Gasteiger partial charge on any atom is 0.351 e. The highest BCUT2D eigenvalue weighted by molar-refractivity contribution is 8.02. The average Bonchev–Trinajstić information content (AvgIpc) is 3.79. The zero-order valence-corrected chi connectivity index (χ0v) is 27.8. The van der Waals surface area contributed by atoms with Crippen molar-refractivity contribution < 1.29 is 58.8 Å². The monoisotopic (exact) mass is 754 g/mol. The number of aromatic hydroxyl groups is 2. The highest BCUT2D eigenvalue weighted by Crippen LogP contribution is 2.49. The molecule has 4 aliphatic rings. The molecular formula is C27H27ClN8O12S2. The van der Waals surface area contributed by atoms with Crippen LogP contribution in [0, 0.1) is 0 Å². The number of hydrogen-bond donors (Lipinski definition) is 7. The van der Waals surface area contributed by atoms with Gasteiger partial charge in [-0.3, -0.25) is 24.7 Å². The molecule has 4 saturated heterocycles. The first-order chi connectivity index (χ1) is 23.7. The van der Waals surface area contributed by atoms with E-state index in [0.717, 1.165) is 45.1 Å². The Balaban J connectivity index is 1.18. The number of β-lactam (4-membered cyclic amide) rings is 1. The molecule has 2 aromatic rings. The lowest BCUT2D eigenvalue weighted by Crippen LogP contribution is -2.68. The number of rotatable bonds is 10. The molecule has 5 heterocycles. The number of oxime groups is 1. The summed E-state index contributed by atoms with van der Waals surface area (Å²) in [6, 6.07) is -0.0746. The minimum Gasteiger partial charge on any atom is -0.504 e. The molecule has 0 bridgehead atoms. The molecule has 1 aromatic carbocycles. The largest absolute Gasteiger partial charge is 0.504 e. The molecule has 0 radical (unpaired) electrons. The van der Waals surface area contributed by atoms with E-state index in [1.54, 1.807) is 0 Å². The SMILES string of the molecule is Nc1nc(/C(=N/OC2(C(=O)O)CCOCC2)C(=O)NC2C(=O)N3CC(C(=O)O)(N4CCN(NC(=O)c5ccc(O)c(O)c5Cl)C4=O)S[C@H]23)cs1. The summed E-state index contributed by atoms with van der Waals surface area (Å²) >= 11 is 7.65. The molecule has 4 aliphatic heterocycles. The zero-order valence-electron chi connectivity index (χ0n) is 25.4. The van der Waals surface area contributed by atoms with Crippen LogP contribution in [0.1, 0.15) is 28.9 Å². The number of phenolic OH excluding ortho intramolecular Hbond substituents is 2. The number of thioether (sulfide) groups is 1. The van der Waals surface area contributed by atoms with Crippen LogP contribution in [0.5, 0.6) is 11.5 Å². The number of aromatic nitrogens is 1. The number of phenols is 2. The Morgan fingerprint density at radius 2 is 1.84 bits per heavy atom. The van der Waals surface area contributed by atoms with Crippen LogP contribution < -0.4 is 16.5 Å². The first kappa shape index (κ1) is 34.8. The molecule has 266 valence electrons. The van der Waals surface area contributed by atoms with Gasteiger partial charge < -0.3 is 46.0 Å². The van der Waals surface area contributed by atoms with E-state index in [1.807, 2.05) is 0 Å². The predicted octanol–water partition coefficient (Wildman–Crippen LogP) is -0.592. The van der Waals surface area contributed by atoms with Crippen molar-refractivity contribution in [1.82, 2.24) is 30.5 Å². The van der Waals surface area contributed by atoms with Crippen molar-refractivity contribution in [3.05, 3.63) is 33.8 Å². The first-order valence-electron chi connectivity index (χ1n) is 14.6. The Bertz CT molecular complexity index is 1840. The number of benzene rings is 1. The summed E-state index contributed by atoms with van der Waals surface area (Å²) in [5, 5.41) is 46.9. The van der Waals surface area contributed by atoms with Gasteiger partial charge in [-0.1, -0.05) is 28.5 Å². The summed E-state index contributed by atoms with van der Waals surface area (Å²) < 4.78 is 5.22. The number of urea groups is 1. The van der Waals surface area contributed by atoms with Crippen LogP contribution in [-0.4, -0.2) is 136 Å². The molecule has 0 aliphatic carbocycles. The summed E-state index contributed by atoms with van der Waals surface area (Å²) in [5.74, 6) is -6.69. The molecule has 5 amide bonds. The number of carbonyl (C=O) groups is 6. The number of anilines is 1. The molecule has 6 rings (SSSR count). The smallest absolute Gasteiger partial charge is 0.351 e. The van der Waals surface area contributed by atoms with Gasteiger partial charge in [0.15, 0.2) is 22.3 Å². The molecule has 20 nitrogen and oxygen atoms in total. The van der Waals surface area contributed by atoms with Gasteiger partial charge in [0.25, 0.3) is 11.8 Å². The Kier molecular flexibility index (Phi) is 9.05. The van der Waals surface area contributed by atoms with E-state index in [2.05, 4.69) is 20.9 Å². The third-order valence-electron chi connectivity index (χ3n) is 8.47. The molecular weight excluding hydrogens is 728 g/mol. The molecule has 4 fully saturated rings. The zero-order chi connectivity index (χ0) is 36.1. The molecule has 2 unspecified atom stereocenters. The summed E-state index contributed by atoms with van der Waals surface area (Å²) in [6.07, 6.45) is -0.118. The number of fused-ring (bicyclic) bond motifs is 1. The fourth-order valence-electron chi connectivity index (χ4n) is 5.68. The van der Waals surface area contributed by atoms with E-state index in [1.165, 1.54) is 10.3 Å². The van der Waals surface area contributed by atoms with E-state index in [4.69, 9.17) is 26.9 Å². The number of aliphatic carboxylic acids is 2. The van der Waals surface area contributed by atoms with Crippen LogP contribution in [0.2, 0.25) is 5.02 Å². The van der Waals surface area contributed by atoms with E-state index < -0.39 is 86.4 Å². The van der Waals surface area contributed by atoms with Crippen molar-refractivity contribution >= 4 is 81.2 Å². The molecule has 1 aromatic heterocycles. The maximum atomic E-state index is 13.6. The summed E-state index contributed by atoms with van der Waals surface area (Å²) in [7, 11) is 0. The van der Waals surface area contributed by atoms with Gasteiger partial charge in [-0.2, -0.15) is 0 Å². The Morgan fingerprint density at radius 1 is 1.12 bits per heavy atom. The van der Waals surface area contributed by atoms with Gasteiger partial charge in [0, 0.05) is 24.8 Å². The van der Waals surface area contributed by atoms with Crippen molar-refractivity contribution in [2.24, 2.45) is 5.16 Å². The number of carbonyl (C=O) groups excluding carboxylic acids is 4. The highest BCUT2D eigenvalue weighted by Gasteiger charge is 2.66. The number of amides is 5. The molecule has 3 atom stereocenters. The number of nitrogens with zero attached hydrogens (tertiary/aromatic N) is 5. The van der Waals surface area contributed by atoms with Gasteiger partial charge in [-0.15, -0.1) is 11.3 Å². The van der Waals surface area contributed by atoms with Gasteiger partial charge in [0.2, 0.25) is 16.4 Å². The van der Waals surface area contributed by atoms with E-state index >= 15 is 0 Å². The fraction of sp³-hybridized carbons (Fsp3) is 0.407. The number of halogens is 1. The lowest BCUT2D eigenvalue weighted by molar-refractivity contribution is -0.178. The molecule has 50 heavy (non-hydrogen) atoms. The Hall–Kier alpha value is -5.06. The number of nitrogen functional groups attached to an aromatic ring is 1. The van der Waals surface area contributed by atoms with E-state index in [9.17, 15) is 49.2 Å². The molecule has 0 saturated carbocycles. The van der Waals surface area contributed by atoms with E-state index in [0.29, 0.717) is 0 Å². The van der Waals surface area contributed by atoms with Crippen molar-refractivity contribution in [3.8, 4) is 11.5 Å². The van der Waals surface area contributed by atoms with Crippen LogP contribution >= 0.6 is 34.7 Å². The number of nitrogens with two attached hydrogens (primary N) is 1.